The number of benzene rings is 1. The minimum Gasteiger partial charge on any atom is -0.497 e. The summed E-state index contributed by atoms with van der Waals surface area (Å²) in [5.74, 6) is 1.21. The van der Waals surface area contributed by atoms with Gasteiger partial charge in [-0.3, -0.25) is 9.78 Å². The molecule has 0 spiro atoms. The van der Waals surface area contributed by atoms with Crippen molar-refractivity contribution in [1.29, 1.82) is 0 Å². The number of nitrogens with one attached hydrogen (secondary N) is 1. The van der Waals surface area contributed by atoms with E-state index in [1.54, 1.807) is 13.3 Å². The Labute approximate surface area is 155 Å². The fourth-order valence-electron chi connectivity index (χ4n) is 2.23. The zero-order chi connectivity index (χ0) is 18.4. The summed E-state index contributed by atoms with van der Waals surface area (Å²) in [5.41, 5.74) is 1.60. The van der Waals surface area contributed by atoms with Crippen molar-refractivity contribution in [2.45, 2.75) is 18.2 Å². The van der Waals surface area contributed by atoms with Crippen LogP contribution in [0.15, 0.2) is 58.3 Å². The lowest BCUT2D eigenvalue weighted by Gasteiger charge is -2.12. The fraction of sp³-hybridized carbons (Fsp3) is 0.222. The first-order valence-corrected chi connectivity index (χ1v) is 8.95. The number of hydrogen-bond acceptors (Lipinski definition) is 7. The normalized spacial score (nSPS) is 11.8. The predicted octanol–water partition coefficient (Wildman–Crippen LogP) is 3.11. The summed E-state index contributed by atoms with van der Waals surface area (Å²) in [6, 6.07) is 12.7. The van der Waals surface area contributed by atoms with E-state index < -0.39 is 0 Å². The van der Waals surface area contributed by atoms with E-state index in [-0.39, 0.29) is 17.7 Å². The molecule has 0 bridgehead atoms. The maximum Gasteiger partial charge on any atom is 0.277 e. The van der Waals surface area contributed by atoms with Gasteiger partial charge in [0.1, 0.15) is 5.75 Å². The molecular weight excluding hydrogens is 352 g/mol. The van der Waals surface area contributed by atoms with Crippen LogP contribution < -0.4 is 10.1 Å². The van der Waals surface area contributed by atoms with Gasteiger partial charge in [-0.15, -0.1) is 10.2 Å². The van der Waals surface area contributed by atoms with E-state index in [2.05, 4.69) is 20.5 Å². The van der Waals surface area contributed by atoms with Gasteiger partial charge >= 0.3 is 0 Å². The molecule has 7 nitrogen and oxygen atoms in total. The number of amides is 1. The lowest BCUT2D eigenvalue weighted by Crippen LogP contribution is -2.28. The highest BCUT2D eigenvalue weighted by Gasteiger charge is 2.14. The molecule has 0 aliphatic carbocycles. The second-order valence-corrected chi connectivity index (χ2v) is 6.36. The molecule has 1 atom stereocenters. The van der Waals surface area contributed by atoms with Crippen LogP contribution in [0.5, 0.6) is 5.75 Å². The zero-order valence-electron chi connectivity index (χ0n) is 14.4. The maximum absolute atomic E-state index is 12.1. The Hall–Kier alpha value is -2.87. The molecule has 134 valence electrons. The zero-order valence-corrected chi connectivity index (χ0v) is 15.2. The summed E-state index contributed by atoms with van der Waals surface area (Å²) >= 11 is 1.19. The van der Waals surface area contributed by atoms with Crippen LogP contribution in [-0.4, -0.2) is 34.0 Å². The molecule has 1 unspecified atom stereocenters. The summed E-state index contributed by atoms with van der Waals surface area (Å²) in [5, 5.41) is 11.2. The SMILES string of the molecule is COc1ccc(-c2nnc(SCC(=O)NC(C)c3ccccn3)o2)cc1. The van der Waals surface area contributed by atoms with Crippen molar-refractivity contribution in [3.05, 3.63) is 54.4 Å². The third-order valence-electron chi connectivity index (χ3n) is 3.58. The summed E-state index contributed by atoms with van der Waals surface area (Å²) in [4.78, 5) is 16.3. The maximum atomic E-state index is 12.1. The third kappa shape index (κ3) is 4.60. The summed E-state index contributed by atoms with van der Waals surface area (Å²) in [7, 11) is 1.61. The number of aromatic nitrogens is 3. The van der Waals surface area contributed by atoms with E-state index in [9.17, 15) is 4.79 Å². The summed E-state index contributed by atoms with van der Waals surface area (Å²) in [6.07, 6.45) is 1.70. The van der Waals surface area contributed by atoms with Crippen molar-refractivity contribution in [3.8, 4) is 17.2 Å². The van der Waals surface area contributed by atoms with Crippen LogP contribution in [0.25, 0.3) is 11.5 Å². The average molecular weight is 370 g/mol. The smallest absolute Gasteiger partial charge is 0.277 e. The van der Waals surface area contributed by atoms with Gasteiger partial charge in [0.05, 0.1) is 24.6 Å². The Morgan fingerprint density at radius 1 is 1.23 bits per heavy atom. The van der Waals surface area contributed by atoms with E-state index >= 15 is 0 Å². The van der Waals surface area contributed by atoms with Gasteiger partial charge in [0.15, 0.2) is 0 Å². The fourth-order valence-corrected chi connectivity index (χ4v) is 2.81. The molecule has 1 N–H and O–H groups in total. The molecule has 2 aromatic heterocycles. The molecule has 3 aromatic rings. The molecule has 0 aliphatic heterocycles. The van der Waals surface area contributed by atoms with E-state index in [0.29, 0.717) is 11.1 Å². The molecule has 1 aromatic carbocycles. The Balaban J connectivity index is 1.53. The second-order valence-electron chi connectivity index (χ2n) is 5.43. The molecule has 0 saturated carbocycles. The molecule has 2 heterocycles. The van der Waals surface area contributed by atoms with Crippen molar-refractivity contribution in [2.75, 3.05) is 12.9 Å². The first-order chi connectivity index (χ1) is 12.7. The Morgan fingerprint density at radius 3 is 2.73 bits per heavy atom. The molecule has 0 saturated heterocycles. The highest BCUT2D eigenvalue weighted by Crippen LogP contribution is 2.24. The Morgan fingerprint density at radius 2 is 2.04 bits per heavy atom. The molecule has 0 aliphatic rings. The topological polar surface area (TPSA) is 90.1 Å². The van der Waals surface area contributed by atoms with Crippen LogP contribution in [0.2, 0.25) is 0 Å². The van der Waals surface area contributed by atoms with Crippen molar-refractivity contribution in [3.63, 3.8) is 0 Å². The van der Waals surface area contributed by atoms with Gasteiger partial charge in [0.25, 0.3) is 5.22 Å². The van der Waals surface area contributed by atoms with Gasteiger partial charge < -0.3 is 14.5 Å². The molecule has 3 rings (SSSR count). The Bertz CT molecular complexity index is 852. The van der Waals surface area contributed by atoms with Crippen LogP contribution >= 0.6 is 11.8 Å². The van der Waals surface area contributed by atoms with E-state index in [4.69, 9.17) is 9.15 Å². The number of rotatable bonds is 7. The monoisotopic (exact) mass is 370 g/mol. The van der Waals surface area contributed by atoms with Crippen molar-refractivity contribution < 1.29 is 13.9 Å². The summed E-state index contributed by atoms with van der Waals surface area (Å²) < 4.78 is 10.7. The predicted molar refractivity (Wildman–Crippen MR) is 97.8 cm³/mol. The summed E-state index contributed by atoms with van der Waals surface area (Å²) in [6.45, 7) is 1.89. The standard InChI is InChI=1S/C18H18N4O3S/c1-12(15-5-3-4-10-19-15)20-16(23)11-26-18-22-21-17(25-18)13-6-8-14(24-2)9-7-13/h3-10,12H,11H2,1-2H3,(H,20,23). The van der Waals surface area contributed by atoms with Gasteiger partial charge in [0, 0.05) is 11.8 Å². The van der Waals surface area contributed by atoms with E-state index in [0.717, 1.165) is 17.0 Å². The first-order valence-electron chi connectivity index (χ1n) is 7.96. The van der Waals surface area contributed by atoms with Crippen LogP contribution in [-0.2, 0) is 4.79 Å². The number of methoxy groups -OCH3 is 1. The highest BCUT2D eigenvalue weighted by atomic mass is 32.2. The number of carbonyl (C=O) groups is 1. The van der Waals surface area contributed by atoms with Crippen LogP contribution in [0, 0.1) is 0 Å². The molecule has 1 amide bonds. The van der Waals surface area contributed by atoms with E-state index in [1.165, 1.54) is 11.8 Å². The van der Waals surface area contributed by atoms with Crippen molar-refractivity contribution in [2.24, 2.45) is 0 Å². The number of hydrogen-bond donors (Lipinski definition) is 1. The van der Waals surface area contributed by atoms with Crippen LogP contribution in [0.4, 0.5) is 0 Å². The quantitative estimate of drug-likeness (QED) is 0.639. The van der Waals surface area contributed by atoms with Gasteiger partial charge in [0.2, 0.25) is 11.8 Å². The molecule has 0 radical (unpaired) electrons. The molecule has 26 heavy (non-hydrogen) atoms. The minimum absolute atomic E-state index is 0.127. The Kier molecular flexibility index (Phi) is 5.85. The number of thioether (sulfide) groups is 1. The highest BCUT2D eigenvalue weighted by molar-refractivity contribution is 7.99. The van der Waals surface area contributed by atoms with Crippen molar-refractivity contribution >= 4 is 17.7 Å². The second kappa shape index (κ2) is 8.48. The van der Waals surface area contributed by atoms with Crippen LogP contribution in [0.3, 0.4) is 0 Å². The van der Waals surface area contributed by atoms with Gasteiger partial charge in [-0.05, 0) is 43.3 Å². The number of pyridine rings is 1. The van der Waals surface area contributed by atoms with Gasteiger partial charge in [-0.1, -0.05) is 17.8 Å². The molecular formula is C18H18N4O3S. The number of nitrogens with zero attached hydrogens (tertiary/aromatic N) is 3. The lowest BCUT2D eigenvalue weighted by atomic mass is 10.2. The number of ether oxygens (including phenoxy) is 1. The van der Waals surface area contributed by atoms with Gasteiger partial charge in [-0.25, -0.2) is 0 Å². The van der Waals surface area contributed by atoms with Crippen LogP contribution in [0.1, 0.15) is 18.7 Å². The largest absolute Gasteiger partial charge is 0.497 e. The van der Waals surface area contributed by atoms with E-state index in [1.807, 2.05) is 49.4 Å². The minimum atomic E-state index is -0.165. The average Bonchev–Trinajstić information content (AvgIpc) is 3.16. The van der Waals surface area contributed by atoms with Gasteiger partial charge in [-0.2, -0.15) is 0 Å². The lowest BCUT2D eigenvalue weighted by molar-refractivity contribution is -0.119. The third-order valence-corrected chi connectivity index (χ3v) is 4.40. The first kappa shape index (κ1) is 17.9. The molecule has 0 fully saturated rings. The van der Waals surface area contributed by atoms with Crippen molar-refractivity contribution in [1.82, 2.24) is 20.5 Å². The number of carbonyl (C=O) groups excluding carboxylic acids is 1. The molecule has 8 heteroatoms.